The zero-order valence-corrected chi connectivity index (χ0v) is 18.2. The molecule has 3 aromatic rings. The number of carbonyl (C=O) groups is 3. The van der Waals surface area contributed by atoms with Gasteiger partial charge in [-0.1, -0.05) is 54.6 Å². The Hall–Kier alpha value is -3.71. The van der Waals surface area contributed by atoms with Crippen molar-refractivity contribution in [2.45, 2.75) is 25.4 Å². The van der Waals surface area contributed by atoms with Crippen molar-refractivity contribution in [2.75, 3.05) is 25.1 Å². The lowest BCUT2D eigenvalue weighted by molar-refractivity contribution is -0.124. The highest BCUT2D eigenvalue weighted by molar-refractivity contribution is 6.03. The van der Waals surface area contributed by atoms with Crippen LogP contribution in [0.3, 0.4) is 0 Å². The van der Waals surface area contributed by atoms with Crippen molar-refractivity contribution in [3.05, 3.63) is 77.9 Å². The SMILES string of the molecule is O=C(COC(=O)c1ccccc1NC(=O)Cc1cccc2ccccc12)NCC1CCCO1. The lowest BCUT2D eigenvalue weighted by Gasteiger charge is -2.13. The van der Waals surface area contributed by atoms with Crippen molar-refractivity contribution in [3.8, 4) is 0 Å². The van der Waals surface area contributed by atoms with Gasteiger partial charge in [-0.05, 0) is 41.3 Å². The Morgan fingerprint density at radius 1 is 0.939 bits per heavy atom. The molecule has 7 heteroatoms. The van der Waals surface area contributed by atoms with Gasteiger partial charge in [0.2, 0.25) is 5.91 Å². The summed E-state index contributed by atoms with van der Waals surface area (Å²) >= 11 is 0. The number of anilines is 1. The number of para-hydroxylation sites is 1. The van der Waals surface area contributed by atoms with E-state index in [1.54, 1.807) is 24.3 Å². The Labute approximate surface area is 192 Å². The van der Waals surface area contributed by atoms with Crippen molar-refractivity contribution in [1.29, 1.82) is 0 Å². The number of carbonyl (C=O) groups excluding carboxylic acids is 3. The minimum Gasteiger partial charge on any atom is -0.452 e. The number of rotatable bonds is 8. The minimum atomic E-state index is -0.677. The molecule has 1 saturated heterocycles. The van der Waals surface area contributed by atoms with Gasteiger partial charge in [0.1, 0.15) is 0 Å². The molecule has 1 aliphatic heterocycles. The van der Waals surface area contributed by atoms with Gasteiger partial charge in [-0.2, -0.15) is 0 Å². The zero-order valence-electron chi connectivity index (χ0n) is 18.2. The molecular formula is C26H26N2O5. The summed E-state index contributed by atoms with van der Waals surface area (Å²) in [6.45, 7) is 0.708. The first-order valence-corrected chi connectivity index (χ1v) is 11.0. The summed E-state index contributed by atoms with van der Waals surface area (Å²) < 4.78 is 10.6. The lowest BCUT2D eigenvalue weighted by atomic mass is 10.0. The third kappa shape index (κ3) is 5.96. The predicted octanol–water partition coefficient (Wildman–Crippen LogP) is 3.47. The highest BCUT2D eigenvalue weighted by atomic mass is 16.5. The van der Waals surface area contributed by atoms with Crippen LogP contribution in [0.25, 0.3) is 10.8 Å². The molecule has 0 aromatic heterocycles. The van der Waals surface area contributed by atoms with Gasteiger partial charge in [0.05, 0.1) is 23.8 Å². The number of nitrogens with one attached hydrogen (secondary N) is 2. The van der Waals surface area contributed by atoms with E-state index < -0.39 is 18.5 Å². The lowest BCUT2D eigenvalue weighted by Crippen LogP contribution is -2.34. The number of hydrogen-bond donors (Lipinski definition) is 2. The van der Waals surface area contributed by atoms with Crippen molar-refractivity contribution in [3.63, 3.8) is 0 Å². The monoisotopic (exact) mass is 446 g/mol. The molecule has 7 nitrogen and oxygen atoms in total. The molecule has 0 aliphatic carbocycles. The normalized spacial score (nSPS) is 15.2. The predicted molar refractivity (Wildman–Crippen MR) is 125 cm³/mol. The summed E-state index contributed by atoms with van der Waals surface area (Å²) in [6.07, 6.45) is 2.07. The van der Waals surface area contributed by atoms with Crippen LogP contribution >= 0.6 is 0 Å². The summed E-state index contributed by atoms with van der Waals surface area (Å²) in [7, 11) is 0. The number of fused-ring (bicyclic) bond motifs is 1. The van der Waals surface area contributed by atoms with Crippen molar-refractivity contribution in [1.82, 2.24) is 5.32 Å². The molecule has 1 atom stereocenters. The molecule has 2 amide bonds. The number of hydrogen-bond acceptors (Lipinski definition) is 5. The Kier molecular flexibility index (Phi) is 7.32. The van der Waals surface area contributed by atoms with Crippen molar-refractivity contribution >= 4 is 34.2 Å². The van der Waals surface area contributed by atoms with Crippen molar-refractivity contribution in [2.24, 2.45) is 0 Å². The van der Waals surface area contributed by atoms with E-state index in [1.807, 2.05) is 42.5 Å². The molecule has 0 spiro atoms. The van der Waals surface area contributed by atoms with E-state index in [0.29, 0.717) is 18.8 Å². The van der Waals surface area contributed by atoms with Gasteiger partial charge in [-0.25, -0.2) is 4.79 Å². The topological polar surface area (TPSA) is 93.7 Å². The molecule has 33 heavy (non-hydrogen) atoms. The number of benzene rings is 3. The third-order valence-electron chi connectivity index (χ3n) is 5.54. The zero-order chi connectivity index (χ0) is 23.0. The van der Waals surface area contributed by atoms with Crippen LogP contribution in [0.2, 0.25) is 0 Å². The summed E-state index contributed by atoms with van der Waals surface area (Å²) in [5, 5.41) is 7.58. The highest BCUT2D eigenvalue weighted by Crippen LogP contribution is 2.21. The second-order valence-electron chi connectivity index (χ2n) is 7.92. The van der Waals surface area contributed by atoms with Gasteiger partial charge in [0, 0.05) is 13.2 Å². The van der Waals surface area contributed by atoms with E-state index >= 15 is 0 Å². The fourth-order valence-electron chi connectivity index (χ4n) is 3.88. The van der Waals surface area contributed by atoms with Crippen LogP contribution in [0.15, 0.2) is 66.7 Å². The third-order valence-corrected chi connectivity index (χ3v) is 5.54. The Balaban J connectivity index is 1.35. The molecule has 3 aromatic carbocycles. The van der Waals surface area contributed by atoms with Crippen LogP contribution in [0.1, 0.15) is 28.8 Å². The molecule has 1 heterocycles. The average Bonchev–Trinajstić information content (AvgIpc) is 3.35. The van der Waals surface area contributed by atoms with Gasteiger partial charge in [0.15, 0.2) is 6.61 Å². The van der Waals surface area contributed by atoms with Crippen LogP contribution < -0.4 is 10.6 Å². The smallest absolute Gasteiger partial charge is 0.340 e. The Morgan fingerprint density at radius 3 is 2.58 bits per heavy atom. The molecule has 0 saturated carbocycles. The molecule has 1 aliphatic rings. The highest BCUT2D eigenvalue weighted by Gasteiger charge is 2.19. The summed E-state index contributed by atoms with van der Waals surface area (Å²) in [6, 6.07) is 20.3. The average molecular weight is 447 g/mol. The van der Waals surface area contributed by atoms with Crippen molar-refractivity contribution < 1.29 is 23.9 Å². The number of esters is 1. The van der Waals surface area contributed by atoms with Gasteiger partial charge >= 0.3 is 5.97 Å². The summed E-state index contributed by atoms with van der Waals surface area (Å²) in [4.78, 5) is 37.3. The molecular weight excluding hydrogens is 420 g/mol. The first kappa shape index (κ1) is 22.5. The van der Waals surface area contributed by atoms with E-state index in [4.69, 9.17) is 9.47 Å². The second-order valence-corrected chi connectivity index (χ2v) is 7.92. The second kappa shape index (κ2) is 10.7. The Morgan fingerprint density at radius 2 is 1.73 bits per heavy atom. The van der Waals surface area contributed by atoms with Crippen LogP contribution in [-0.2, 0) is 25.5 Å². The van der Waals surface area contributed by atoms with Crippen LogP contribution in [0, 0.1) is 0 Å². The van der Waals surface area contributed by atoms with Crippen LogP contribution in [0.4, 0.5) is 5.69 Å². The first-order valence-electron chi connectivity index (χ1n) is 11.0. The van der Waals surface area contributed by atoms with E-state index in [2.05, 4.69) is 10.6 Å². The fraction of sp³-hybridized carbons (Fsp3) is 0.269. The molecule has 0 radical (unpaired) electrons. The van der Waals surface area contributed by atoms with Crippen LogP contribution in [-0.4, -0.2) is 43.6 Å². The maximum absolute atomic E-state index is 12.7. The Bertz CT molecular complexity index is 1150. The standard InChI is InChI=1S/C26H26N2O5/c29-24(15-19-9-5-8-18-7-1-2-11-21(18)19)28-23-13-4-3-12-22(23)26(31)33-17-25(30)27-16-20-10-6-14-32-20/h1-5,7-9,11-13,20H,6,10,14-17H2,(H,27,30)(H,28,29). The molecule has 1 fully saturated rings. The first-order chi connectivity index (χ1) is 16.1. The quantitative estimate of drug-likeness (QED) is 0.517. The van der Waals surface area contributed by atoms with E-state index in [0.717, 1.165) is 29.2 Å². The van der Waals surface area contributed by atoms with E-state index in [-0.39, 0.29) is 24.0 Å². The van der Waals surface area contributed by atoms with Crippen LogP contribution in [0.5, 0.6) is 0 Å². The summed E-state index contributed by atoms with van der Waals surface area (Å²) in [5.74, 6) is -1.32. The fourth-order valence-corrected chi connectivity index (χ4v) is 3.88. The molecule has 170 valence electrons. The van der Waals surface area contributed by atoms with Gasteiger partial charge in [-0.15, -0.1) is 0 Å². The van der Waals surface area contributed by atoms with Gasteiger partial charge in [-0.3, -0.25) is 9.59 Å². The molecule has 2 N–H and O–H groups in total. The van der Waals surface area contributed by atoms with E-state index in [9.17, 15) is 14.4 Å². The van der Waals surface area contributed by atoms with Gasteiger partial charge < -0.3 is 20.1 Å². The summed E-state index contributed by atoms with van der Waals surface area (Å²) in [5.41, 5.74) is 1.43. The maximum atomic E-state index is 12.7. The molecule has 0 bridgehead atoms. The minimum absolute atomic E-state index is 0.0160. The van der Waals surface area contributed by atoms with Gasteiger partial charge in [0.25, 0.3) is 5.91 Å². The van der Waals surface area contributed by atoms with E-state index in [1.165, 1.54) is 0 Å². The molecule has 4 rings (SSSR count). The largest absolute Gasteiger partial charge is 0.452 e. The number of ether oxygens (including phenoxy) is 2. The maximum Gasteiger partial charge on any atom is 0.340 e. The molecule has 1 unspecified atom stereocenters. The number of amides is 2.